The number of nitrogens with two attached hydrogens (primary N) is 1. The maximum atomic E-state index is 13.3. The zero-order valence-electron chi connectivity index (χ0n) is 11.0. The summed E-state index contributed by atoms with van der Waals surface area (Å²) >= 11 is 0. The van der Waals surface area contributed by atoms with Crippen LogP contribution in [0.1, 0.15) is 11.6 Å². The van der Waals surface area contributed by atoms with Gasteiger partial charge in [0, 0.05) is 5.69 Å². The Morgan fingerprint density at radius 3 is 2.43 bits per heavy atom. The molecule has 2 aromatic carbocycles. The van der Waals surface area contributed by atoms with Crippen LogP contribution in [-0.4, -0.2) is 20.1 Å². The van der Waals surface area contributed by atoms with Crippen molar-refractivity contribution in [2.24, 2.45) is 0 Å². The molecule has 0 aliphatic rings. The van der Waals surface area contributed by atoms with Gasteiger partial charge in [-0.05, 0) is 23.8 Å². The normalized spacial score (nSPS) is 13.0. The number of nitrogens with one attached hydrogen (secondary N) is 1. The Hall–Kier alpha value is -1.96. The molecule has 21 heavy (non-hydrogen) atoms. The van der Waals surface area contributed by atoms with Crippen molar-refractivity contribution in [1.29, 1.82) is 0 Å². The minimum atomic E-state index is -3.99. The van der Waals surface area contributed by atoms with Crippen molar-refractivity contribution in [1.82, 2.24) is 4.72 Å². The van der Waals surface area contributed by atoms with Crippen molar-refractivity contribution in [3.05, 3.63) is 59.9 Å². The van der Waals surface area contributed by atoms with Gasteiger partial charge in [0.05, 0.1) is 17.5 Å². The van der Waals surface area contributed by atoms with Crippen molar-refractivity contribution >= 4 is 15.7 Å². The highest BCUT2D eigenvalue weighted by atomic mass is 32.2. The van der Waals surface area contributed by atoms with E-state index in [4.69, 9.17) is 5.73 Å². The summed E-state index contributed by atoms with van der Waals surface area (Å²) in [6.07, 6.45) is 0. The Morgan fingerprint density at radius 1 is 1.19 bits per heavy atom. The second kappa shape index (κ2) is 6.21. The molecule has 0 bridgehead atoms. The summed E-state index contributed by atoms with van der Waals surface area (Å²) in [6, 6.07) is 10.8. The summed E-state index contributed by atoms with van der Waals surface area (Å²) < 4.78 is 40.1. The molecule has 5 nitrogen and oxygen atoms in total. The van der Waals surface area contributed by atoms with Gasteiger partial charge in [0.1, 0.15) is 5.82 Å². The summed E-state index contributed by atoms with van der Waals surface area (Å²) in [5, 5.41) is 9.37. The zero-order valence-corrected chi connectivity index (χ0v) is 11.8. The molecular weight excluding hydrogens is 295 g/mol. The predicted octanol–water partition coefficient (Wildman–Crippen LogP) is 1.42. The highest BCUT2D eigenvalue weighted by molar-refractivity contribution is 7.89. The van der Waals surface area contributed by atoms with E-state index in [-0.39, 0.29) is 10.6 Å². The lowest BCUT2D eigenvalue weighted by Crippen LogP contribution is -2.31. The van der Waals surface area contributed by atoms with Crippen LogP contribution < -0.4 is 10.5 Å². The van der Waals surface area contributed by atoms with E-state index >= 15 is 0 Å². The van der Waals surface area contributed by atoms with Crippen LogP contribution >= 0.6 is 0 Å². The van der Waals surface area contributed by atoms with Gasteiger partial charge in [-0.3, -0.25) is 0 Å². The number of aliphatic hydroxyl groups is 1. The van der Waals surface area contributed by atoms with Crippen LogP contribution in [0.5, 0.6) is 0 Å². The standard InChI is InChI=1S/C14H15FN2O3S/c15-11-6-12(16)8-13(7-11)21(19,20)17-14(9-18)10-4-2-1-3-5-10/h1-8,14,17-18H,9,16H2/t14-/m0/s1. The maximum absolute atomic E-state index is 13.3. The molecule has 0 amide bonds. The van der Waals surface area contributed by atoms with Gasteiger partial charge in [-0.2, -0.15) is 0 Å². The van der Waals surface area contributed by atoms with Crippen molar-refractivity contribution in [3.63, 3.8) is 0 Å². The second-order valence-electron chi connectivity index (χ2n) is 4.49. The summed E-state index contributed by atoms with van der Waals surface area (Å²) in [4.78, 5) is -0.283. The van der Waals surface area contributed by atoms with E-state index in [1.165, 1.54) is 0 Å². The fraction of sp³-hybridized carbons (Fsp3) is 0.143. The third-order valence-corrected chi connectivity index (χ3v) is 4.34. The molecule has 0 saturated heterocycles. The molecule has 0 saturated carbocycles. The number of anilines is 1. The average molecular weight is 310 g/mol. The van der Waals surface area contributed by atoms with Crippen LogP contribution in [0.25, 0.3) is 0 Å². The highest BCUT2D eigenvalue weighted by Crippen LogP contribution is 2.19. The van der Waals surface area contributed by atoms with E-state index in [0.717, 1.165) is 18.2 Å². The molecule has 1 atom stereocenters. The van der Waals surface area contributed by atoms with Gasteiger partial charge >= 0.3 is 0 Å². The van der Waals surface area contributed by atoms with E-state index in [0.29, 0.717) is 5.56 Å². The zero-order chi connectivity index (χ0) is 15.5. The SMILES string of the molecule is Nc1cc(F)cc(S(=O)(=O)N[C@@H](CO)c2ccccc2)c1. The number of halogens is 1. The minimum Gasteiger partial charge on any atom is -0.399 e. The molecule has 0 radical (unpaired) electrons. The van der Waals surface area contributed by atoms with Crippen LogP contribution in [0.4, 0.5) is 10.1 Å². The van der Waals surface area contributed by atoms with E-state index < -0.39 is 28.5 Å². The monoisotopic (exact) mass is 310 g/mol. The molecule has 2 aromatic rings. The van der Waals surface area contributed by atoms with Crippen LogP contribution in [0.3, 0.4) is 0 Å². The molecule has 4 N–H and O–H groups in total. The number of hydrogen-bond donors (Lipinski definition) is 3. The summed E-state index contributed by atoms with van der Waals surface area (Å²) in [5.74, 6) is -0.740. The number of benzene rings is 2. The first-order valence-corrected chi connectivity index (χ1v) is 7.65. The first-order chi connectivity index (χ1) is 9.92. The first kappa shape index (κ1) is 15.4. The Kier molecular flexibility index (Phi) is 4.56. The smallest absolute Gasteiger partial charge is 0.241 e. The first-order valence-electron chi connectivity index (χ1n) is 6.16. The largest absolute Gasteiger partial charge is 0.399 e. The van der Waals surface area contributed by atoms with Gasteiger partial charge in [0.2, 0.25) is 10.0 Å². The van der Waals surface area contributed by atoms with Gasteiger partial charge in [-0.25, -0.2) is 17.5 Å². The van der Waals surface area contributed by atoms with Crippen LogP contribution in [0.15, 0.2) is 53.4 Å². The van der Waals surface area contributed by atoms with Crippen LogP contribution in [0, 0.1) is 5.82 Å². The molecule has 7 heteroatoms. The average Bonchev–Trinajstić information content (AvgIpc) is 2.45. The fourth-order valence-corrected chi connectivity index (χ4v) is 3.17. The van der Waals surface area contributed by atoms with Crippen molar-refractivity contribution in [2.45, 2.75) is 10.9 Å². The molecule has 0 aromatic heterocycles. The molecule has 0 unspecified atom stereocenters. The summed E-state index contributed by atoms with van der Waals surface area (Å²) in [5.41, 5.74) is 6.06. The topological polar surface area (TPSA) is 92.4 Å². The third kappa shape index (κ3) is 3.78. The molecule has 0 aliphatic carbocycles. The highest BCUT2D eigenvalue weighted by Gasteiger charge is 2.21. The molecule has 0 aliphatic heterocycles. The number of nitrogen functional groups attached to an aromatic ring is 1. The summed E-state index contributed by atoms with van der Waals surface area (Å²) in [7, 11) is -3.99. The predicted molar refractivity (Wildman–Crippen MR) is 77.4 cm³/mol. The van der Waals surface area contributed by atoms with Gasteiger partial charge in [-0.1, -0.05) is 30.3 Å². The van der Waals surface area contributed by atoms with E-state index in [2.05, 4.69) is 4.72 Å². The maximum Gasteiger partial charge on any atom is 0.241 e. The van der Waals surface area contributed by atoms with Crippen LogP contribution in [-0.2, 0) is 10.0 Å². The number of sulfonamides is 1. The molecule has 0 heterocycles. The Labute approximate surface area is 122 Å². The van der Waals surface area contributed by atoms with Gasteiger partial charge < -0.3 is 10.8 Å². The van der Waals surface area contributed by atoms with Crippen molar-refractivity contribution in [3.8, 4) is 0 Å². The minimum absolute atomic E-state index is 0.00985. The molecule has 0 spiro atoms. The number of rotatable bonds is 5. The fourth-order valence-electron chi connectivity index (χ4n) is 1.89. The van der Waals surface area contributed by atoms with Crippen LogP contribution in [0.2, 0.25) is 0 Å². The summed E-state index contributed by atoms with van der Waals surface area (Å²) in [6.45, 7) is -0.423. The van der Waals surface area contributed by atoms with E-state index in [9.17, 15) is 17.9 Å². The number of hydrogen-bond acceptors (Lipinski definition) is 4. The molecule has 0 fully saturated rings. The second-order valence-corrected chi connectivity index (χ2v) is 6.20. The van der Waals surface area contributed by atoms with Crippen molar-refractivity contribution < 1.29 is 17.9 Å². The van der Waals surface area contributed by atoms with Gasteiger partial charge in [0.25, 0.3) is 0 Å². The van der Waals surface area contributed by atoms with Gasteiger partial charge in [0.15, 0.2) is 0 Å². The Balaban J connectivity index is 2.31. The van der Waals surface area contributed by atoms with E-state index in [1.54, 1.807) is 30.3 Å². The molecule has 112 valence electrons. The van der Waals surface area contributed by atoms with Crippen molar-refractivity contribution in [2.75, 3.05) is 12.3 Å². The lowest BCUT2D eigenvalue weighted by Gasteiger charge is -2.17. The third-order valence-electron chi connectivity index (χ3n) is 2.89. The molecular formula is C14H15FN2O3S. The number of aliphatic hydroxyl groups excluding tert-OH is 1. The Morgan fingerprint density at radius 2 is 1.86 bits per heavy atom. The molecule has 2 rings (SSSR count). The lowest BCUT2D eigenvalue weighted by atomic mass is 10.1. The lowest BCUT2D eigenvalue weighted by molar-refractivity contribution is 0.259. The van der Waals surface area contributed by atoms with Gasteiger partial charge in [-0.15, -0.1) is 0 Å². The van der Waals surface area contributed by atoms with E-state index in [1.807, 2.05) is 0 Å². The Bertz CT molecular complexity index is 700. The quantitative estimate of drug-likeness (QED) is 0.728.